The van der Waals surface area contributed by atoms with Gasteiger partial charge >= 0.3 is 0 Å². The molecule has 0 heterocycles. The fraction of sp³-hybridized carbons (Fsp3) is 0.613. The molecule has 0 N–H and O–H groups in total. The van der Waals surface area contributed by atoms with E-state index in [2.05, 4.69) is 65.8 Å². The van der Waals surface area contributed by atoms with E-state index in [0.717, 1.165) is 11.8 Å². The Labute approximate surface area is 191 Å². The zero-order valence-electron chi connectivity index (χ0n) is 21.0. The van der Waals surface area contributed by atoms with Gasteiger partial charge in [0.1, 0.15) is 0 Å². The quantitative estimate of drug-likeness (QED) is 0.465. The van der Waals surface area contributed by atoms with E-state index in [-0.39, 0.29) is 5.41 Å². The number of benzene rings is 2. The molecule has 0 heteroatoms. The lowest BCUT2D eigenvalue weighted by Gasteiger charge is -2.33. The number of hydrogen-bond acceptors (Lipinski definition) is 0. The van der Waals surface area contributed by atoms with Gasteiger partial charge in [-0.3, -0.25) is 0 Å². The lowest BCUT2D eigenvalue weighted by Crippen LogP contribution is -2.22. The molecule has 0 atom stereocenters. The summed E-state index contributed by atoms with van der Waals surface area (Å²) in [6.07, 6.45) is 14.0. The van der Waals surface area contributed by atoms with Crippen LogP contribution < -0.4 is 0 Å². The molecular formula is C31H44. The summed E-state index contributed by atoms with van der Waals surface area (Å²) in [6.45, 7) is 14.3. The Kier molecular flexibility index (Phi) is 6.66. The van der Waals surface area contributed by atoms with Gasteiger partial charge < -0.3 is 0 Å². The van der Waals surface area contributed by atoms with E-state index in [4.69, 9.17) is 0 Å². The van der Waals surface area contributed by atoms with Crippen LogP contribution in [0, 0.1) is 27.7 Å². The summed E-state index contributed by atoms with van der Waals surface area (Å²) in [4.78, 5) is 0. The van der Waals surface area contributed by atoms with Crippen LogP contribution in [0.5, 0.6) is 0 Å². The first-order chi connectivity index (χ1) is 14.8. The Morgan fingerprint density at radius 1 is 0.548 bits per heavy atom. The fourth-order valence-corrected chi connectivity index (χ4v) is 6.34. The third-order valence-corrected chi connectivity index (χ3v) is 8.95. The van der Waals surface area contributed by atoms with Crippen molar-refractivity contribution in [3.63, 3.8) is 0 Å². The van der Waals surface area contributed by atoms with Crippen LogP contribution in [0.4, 0.5) is 0 Å². The van der Waals surface area contributed by atoms with Gasteiger partial charge in [-0.15, -0.1) is 0 Å². The van der Waals surface area contributed by atoms with Gasteiger partial charge in [0.15, 0.2) is 0 Å². The van der Waals surface area contributed by atoms with Gasteiger partial charge in [-0.2, -0.15) is 0 Å². The van der Waals surface area contributed by atoms with Crippen LogP contribution in [-0.4, -0.2) is 0 Å². The molecule has 0 unspecified atom stereocenters. The van der Waals surface area contributed by atoms with Gasteiger partial charge in [0.2, 0.25) is 0 Å². The van der Waals surface area contributed by atoms with Crippen LogP contribution in [0.15, 0.2) is 24.3 Å². The number of aryl methyl sites for hydroxylation is 2. The molecule has 0 saturated heterocycles. The van der Waals surface area contributed by atoms with E-state index in [1.165, 1.54) is 97.6 Å². The molecule has 0 bridgehead atoms. The minimum Gasteiger partial charge on any atom is -0.0549 e. The highest BCUT2D eigenvalue weighted by Crippen LogP contribution is 2.42. The Hall–Kier alpha value is -1.56. The van der Waals surface area contributed by atoms with Gasteiger partial charge in [-0.05, 0) is 110 Å². The normalized spacial score (nSPS) is 19.0. The van der Waals surface area contributed by atoms with Crippen LogP contribution in [0.3, 0.4) is 0 Å². The Morgan fingerprint density at radius 3 is 1.26 bits per heavy atom. The first-order valence-corrected chi connectivity index (χ1v) is 13.0. The highest BCUT2D eigenvalue weighted by molar-refractivity contribution is 5.50. The van der Waals surface area contributed by atoms with Gasteiger partial charge in [0, 0.05) is 5.41 Å². The molecule has 2 aromatic rings. The molecule has 2 aromatic carbocycles. The minimum absolute atomic E-state index is 0.0315. The van der Waals surface area contributed by atoms with Crippen molar-refractivity contribution in [2.45, 2.75) is 123 Å². The molecule has 2 aliphatic rings. The summed E-state index contributed by atoms with van der Waals surface area (Å²) in [5, 5.41) is 0. The molecule has 2 fully saturated rings. The molecule has 2 aliphatic carbocycles. The van der Waals surface area contributed by atoms with E-state index in [0.29, 0.717) is 0 Å². The molecule has 2 saturated carbocycles. The lowest BCUT2D eigenvalue weighted by molar-refractivity contribution is 0.440. The number of rotatable bonds is 4. The second-order valence-electron chi connectivity index (χ2n) is 11.3. The molecule has 0 amide bonds. The fourth-order valence-electron chi connectivity index (χ4n) is 6.34. The highest BCUT2D eigenvalue weighted by atomic mass is 14.3. The zero-order valence-corrected chi connectivity index (χ0v) is 21.0. The summed E-state index contributed by atoms with van der Waals surface area (Å²) in [6, 6.07) is 10.1. The van der Waals surface area contributed by atoms with Crippen molar-refractivity contribution in [3.05, 3.63) is 68.8 Å². The first-order valence-electron chi connectivity index (χ1n) is 13.0. The van der Waals surface area contributed by atoms with E-state index >= 15 is 0 Å². The van der Waals surface area contributed by atoms with Gasteiger partial charge in [-0.25, -0.2) is 0 Å². The summed E-state index contributed by atoms with van der Waals surface area (Å²) in [5.41, 5.74) is 12.3. The maximum Gasteiger partial charge on any atom is 0.0146 e. The summed E-state index contributed by atoms with van der Waals surface area (Å²) < 4.78 is 0. The third kappa shape index (κ3) is 4.50. The second kappa shape index (κ2) is 9.13. The van der Waals surface area contributed by atoms with Crippen LogP contribution >= 0.6 is 0 Å². The van der Waals surface area contributed by atoms with Crippen LogP contribution in [0.2, 0.25) is 0 Å². The lowest BCUT2D eigenvalue weighted by atomic mass is 9.72. The van der Waals surface area contributed by atoms with Crippen LogP contribution in [0.25, 0.3) is 0 Å². The van der Waals surface area contributed by atoms with E-state index in [9.17, 15) is 0 Å². The second-order valence-corrected chi connectivity index (χ2v) is 11.3. The van der Waals surface area contributed by atoms with Crippen molar-refractivity contribution in [1.82, 2.24) is 0 Å². The summed E-state index contributed by atoms with van der Waals surface area (Å²) in [7, 11) is 0. The molecule has 0 radical (unpaired) electrons. The number of hydrogen-bond donors (Lipinski definition) is 0. The summed E-state index contributed by atoms with van der Waals surface area (Å²) in [5.74, 6) is 1.53. The molecule has 4 rings (SSSR count). The monoisotopic (exact) mass is 416 g/mol. The van der Waals surface area contributed by atoms with Crippen molar-refractivity contribution in [1.29, 1.82) is 0 Å². The maximum absolute atomic E-state index is 2.59. The van der Waals surface area contributed by atoms with Crippen molar-refractivity contribution >= 4 is 0 Å². The van der Waals surface area contributed by atoms with Gasteiger partial charge in [0.25, 0.3) is 0 Å². The van der Waals surface area contributed by atoms with Crippen molar-refractivity contribution in [3.8, 4) is 0 Å². The average Bonchev–Trinajstić information content (AvgIpc) is 2.78. The Balaban J connectivity index is 1.76. The minimum atomic E-state index is 0.0315. The molecule has 31 heavy (non-hydrogen) atoms. The smallest absolute Gasteiger partial charge is 0.0146 e. The molecule has 0 aliphatic heterocycles. The first kappa shape index (κ1) is 22.6. The topological polar surface area (TPSA) is 0 Å². The third-order valence-electron chi connectivity index (χ3n) is 8.95. The van der Waals surface area contributed by atoms with Gasteiger partial charge in [0.05, 0.1) is 0 Å². The molecule has 0 nitrogen and oxygen atoms in total. The summed E-state index contributed by atoms with van der Waals surface area (Å²) >= 11 is 0. The van der Waals surface area contributed by atoms with Crippen molar-refractivity contribution in [2.24, 2.45) is 0 Å². The van der Waals surface area contributed by atoms with Gasteiger partial charge in [-0.1, -0.05) is 76.6 Å². The Bertz CT molecular complexity index is 842. The van der Waals surface area contributed by atoms with E-state index in [1.807, 2.05) is 0 Å². The zero-order chi connectivity index (χ0) is 22.2. The van der Waals surface area contributed by atoms with E-state index in [1.54, 1.807) is 11.1 Å². The van der Waals surface area contributed by atoms with E-state index < -0.39 is 0 Å². The van der Waals surface area contributed by atoms with Crippen molar-refractivity contribution < 1.29 is 0 Å². The molecular weight excluding hydrogens is 372 g/mol. The average molecular weight is 417 g/mol. The highest BCUT2D eigenvalue weighted by Gasteiger charge is 2.29. The Morgan fingerprint density at radius 2 is 0.903 bits per heavy atom. The standard InChI is InChI=1S/C31H44/c1-21-17-27(19-29(23(21)3)25-13-9-7-10-14-25)31(5,6)28-18-22(2)24(4)30(20-28)26-15-11-8-12-16-26/h17-20,25-26H,7-16H2,1-6H3. The maximum atomic E-state index is 2.59. The molecule has 0 spiro atoms. The van der Waals surface area contributed by atoms with Crippen LogP contribution in [0.1, 0.15) is 134 Å². The SMILES string of the molecule is Cc1cc(C(C)(C)c2cc(C)c(C)c(C3CCCCC3)c2)cc(C2CCCCC2)c1C. The van der Waals surface area contributed by atoms with Crippen LogP contribution in [-0.2, 0) is 5.41 Å². The predicted octanol–water partition coefficient (Wildman–Crippen LogP) is 9.34. The largest absolute Gasteiger partial charge is 0.0549 e. The molecule has 168 valence electrons. The predicted molar refractivity (Wildman–Crippen MR) is 136 cm³/mol. The molecule has 0 aromatic heterocycles. The van der Waals surface area contributed by atoms with Crippen molar-refractivity contribution in [2.75, 3.05) is 0 Å².